The van der Waals surface area contributed by atoms with E-state index in [2.05, 4.69) is 10.6 Å². The number of fused-ring (bicyclic) bond motifs is 1. The van der Waals surface area contributed by atoms with Gasteiger partial charge in [-0.15, -0.1) is 0 Å². The normalized spacial score (nSPS) is 15.0. The van der Waals surface area contributed by atoms with Gasteiger partial charge in [0.2, 0.25) is 6.79 Å². The van der Waals surface area contributed by atoms with Crippen LogP contribution >= 0.6 is 0 Å². The van der Waals surface area contributed by atoms with E-state index >= 15 is 0 Å². The van der Waals surface area contributed by atoms with Gasteiger partial charge in [0.05, 0.1) is 6.54 Å². The van der Waals surface area contributed by atoms with Crippen LogP contribution < -0.4 is 20.1 Å². The molecule has 0 spiro atoms. The van der Waals surface area contributed by atoms with Crippen molar-refractivity contribution < 1.29 is 24.2 Å². The first-order valence-corrected chi connectivity index (χ1v) is 7.12. The standard InChI is InChI=1S/C15H20N2O5/c1-3-6-16-13(18)14(19)17-8-15(2,20)10-4-5-11-12(7-10)22-9-21-11/h4-5,7,20H,3,6,8-9H2,1-2H3,(H,16,18)(H,17,19). The molecule has 0 bridgehead atoms. The molecule has 1 aromatic carbocycles. The molecule has 22 heavy (non-hydrogen) atoms. The Morgan fingerprint density at radius 1 is 1.23 bits per heavy atom. The third-order valence-corrected chi connectivity index (χ3v) is 3.33. The molecule has 1 aliphatic rings. The minimum Gasteiger partial charge on any atom is -0.454 e. The minimum atomic E-state index is -1.33. The molecule has 0 radical (unpaired) electrons. The molecule has 0 aromatic heterocycles. The largest absolute Gasteiger partial charge is 0.454 e. The van der Waals surface area contributed by atoms with E-state index in [4.69, 9.17) is 9.47 Å². The highest BCUT2D eigenvalue weighted by atomic mass is 16.7. The predicted molar refractivity (Wildman–Crippen MR) is 78.4 cm³/mol. The number of ether oxygens (including phenoxy) is 2. The topological polar surface area (TPSA) is 96.9 Å². The Kier molecular flexibility index (Phi) is 4.87. The highest BCUT2D eigenvalue weighted by Gasteiger charge is 2.27. The van der Waals surface area contributed by atoms with Gasteiger partial charge in [-0.25, -0.2) is 0 Å². The van der Waals surface area contributed by atoms with Crippen LogP contribution in [-0.4, -0.2) is 36.8 Å². The minimum absolute atomic E-state index is 0.0922. The van der Waals surface area contributed by atoms with Crippen molar-refractivity contribution in [3.8, 4) is 11.5 Å². The van der Waals surface area contributed by atoms with Crippen LogP contribution in [0.5, 0.6) is 11.5 Å². The molecule has 3 N–H and O–H groups in total. The Morgan fingerprint density at radius 3 is 2.64 bits per heavy atom. The van der Waals surface area contributed by atoms with Gasteiger partial charge in [0, 0.05) is 6.54 Å². The van der Waals surface area contributed by atoms with Crippen LogP contribution in [0.25, 0.3) is 0 Å². The van der Waals surface area contributed by atoms with Crippen LogP contribution in [0.1, 0.15) is 25.8 Å². The number of aliphatic hydroxyl groups is 1. The summed E-state index contributed by atoms with van der Waals surface area (Å²) in [6, 6.07) is 5.05. The van der Waals surface area contributed by atoms with Crippen molar-refractivity contribution in [2.24, 2.45) is 0 Å². The summed E-state index contributed by atoms with van der Waals surface area (Å²) in [7, 11) is 0. The lowest BCUT2D eigenvalue weighted by Gasteiger charge is -2.24. The summed E-state index contributed by atoms with van der Waals surface area (Å²) in [5.41, 5.74) is -0.771. The number of benzene rings is 1. The number of carbonyl (C=O) groups is 2. The molecule has 1 aromatic rings. The van der Waals surface area contributed by atoms with E-state index in [0.29, 0.717) is 23.6 Å². The van der Waals surface area contributed by atoms with Crippen molar-refractivity contribution in [3.05, 3.63) is 23.8 Å². The second kappa shape index (κ2) is 6.65. The van der Waals surface area contributed by atoms with Crippen molar-refractivity contribution in [1.82, 2.24) is 10.6 Å². The highest BCUT2D eigenvalue weighted by Crippen LogP contribution is 2.35. The van der Waals surface area contributed by atoms with Gasteiger partial charge in [0.25, 0.3) is 0 Å². The van der Waals surface area contributed by atoms with E-state index in [-0.39, 0.29) is 13.3 Å². The van der Waals surface area contributed by atoms with Crippen molar-refractivity contribution in [1.29, 1.82) is 0 Å². The first-order valence-electron chi connectivity index (χ1n) is 7.12. The molecule has 1 aliphatic heterocycles. The van der Waals surface area contributed by atoms with Gasteiger partial charge >= 0.3 is 11.8 Å². The van der Waals surface area contributed by atoms with E-state index in [1.54, 1.807) is 25.1 Å². The molecule has 120 valence electrons. The fourth-order valence-corrected chi connectivity index (χ4v) is 1.99. The van der Waals surface area contributed by atoms with E-state index in [1.165, 1.54) is 0 Å². The van der Waals surface area contributed by atoms with Crippen LogP contribution in [0.4, 0.5) is 0 Å². The van der Waals surface area contributed by atoms with Gasteiger partial charge in [0.15, 0.2) is 11.5 Å². The summed E-state index contributed by atoms with van der Waals surface area (Å²) in [5.74, 6) is -0.315. The second-order valence-electron chi connectivity index (χ2n) is 5.28. The zero-order valence-corrected chi connectivity index (χ0v) is 12.6. The quantitative estimate of drug-likeness (QED) is 0.678. The molecular weight excluding hydrogens is 288 g/mol. The SMILES string of the molecule is CCCNC(=O)C(=O)NCC(C)(O)c1ccc2c(c1)OCO2. The van der Waals surface area contributed by atoms with Crippen LogP contribution in [0.2, 0.25) is 0 Å². The van der Waals surface area contributed by atoms with Crippen molar-refractivity contribution in [3.63, 3.8) is 0 Å². The molecule has 0 aliphatic carbocycles. The number of amides is 2. The third-order valence-electron chi connectivity index (χ3n) is 3.33. The molecule has 0 saturated carbocycles. The first-order chi connectivity index (χ1) is 10.4. The highest BCUT2D eigenvalue weighted by molar-refractivity contribution is 6.35. The number of rotatable bonds is 5. The maximum atomic E-state index is 11.6. The molecule has 2 amide bonds. The predicted octanol–water partition coefficient (Wildman–Crippen LogP) is 0.265. The lowest BCUT2D eigenvalue weighted by Crippen LogP contribution is -2.45. The molecule has 0 saturated heterocycles. The summed E-state index contributed by atoms with van der Waals surface area (Å²) in [6.07, 6.45) is 0.744. The Hall–Kier alpha value is -2.28. The lowest BCUT2D eigenvalue weighted by molar-refractivity contribution is -0.139. The molecule has 7 nitrogen and oxygen atoms in total. The Bertz CT molecular complexity index is 571. The van der Waals surface area contributed by atoms with Gasteiger partial charge in [-0.3, -0.25) is 9.59 Å². The maximum absolute atomic E-state index is 11.6. The monoisotopic (exact) mass is 308 g/mol. The van der Waals surface area contributed by atoms with Crippen molar-refractivity contribution in [2.75, 3.05) is 19.9 Å². The van der Waals surface area contributed by atoms with Crippen molar-refractivity contribution in [2.45, 2.75) is 25.9 Å². The summed E-state index contributed by atoms with van der Waals surface area (Å²) < 4.78 is 10.5. The van der Waals surface area contributed by atoms with E-state index in [9.17, 15) is 14.7 Å². The smallest absolute Gasteiger partial charge is 0.309 e. The molecule has 7 heteroatoms. The maximum Gasteiger partial charge on any atom is 0.309 e. The average Bonchev–Trinajstić information content (AvgIpc) is 2.97. The van der Waals surface area contributed by atoms with Gasteiger partial charge in [-0.1, -0.05) is 13.0 Å². The van der Waals surface area contributed by atoms with Gasteiger partial charge < -0.3 is 25.2 Å². The third kappa shape index (κ3) is 3.67. The van der Waals surface area contributed by atoms with E-state index < -0.39 is 17.4 Å². The van der Waals surface area contributed by atoms with Gasteiger partial charge in [-0.2, -0.15) is 0 Å². The van der Waals surface area contributed by atoms with E-state index in [1.807, 2.05) is 6.92 Å². The Balaban J connectivity index is 1.96. The van der Waals surface area contributed by atoms with Gasteiger partial charge in [-0.05, 0) is 31.0 Å². The summed E-state index contributed by atoms with van der Waals surface area (Å²) >= 11 is 0. The average molecular weight is 308 g/mol. The number of carbonyl (C=O) groups excluding carboxylic acids is 2. The number of nitrogens with one attached hydrogen (secondary N) is 2. The van der Waals surface area contributed by atoms with Gasteiger partial charge in [0.1, 0.15) is 5.60 Å². The zero-order chi connectivity index (χ0) is 16.2. The first kappa shape index (κ1) is 16.1. The number of hydrogen-bond acceptors (Lipinski definition) is 5. The summed E-state index contributed by atoms with van der Waals surface area (Å²) in [6.45, 7) is 3.93. The zero-order valence-electron chi connectivity index (χ0n) is 12.6. The van der Waals surface area contributed by atoms with Crippen molar-refractivity contribution >= 4 is 11.8 Å². The Morgan fingerprint density at radius 2 is 1.91 bits per heavy atom. The van der Waals surface area contributed by atoms with Crippen LogP contribution in [0.3, 0.4) is 0 Å². The van der Waals surface area contributed by atoms with Crippen LogP contribution in [0, 0.1) is 0 Å². The fourth-order valence-electron chi connectivity index (χ4n) is 1.99. The molecule has 1 heterocycles. The Labute approximate surface area is 128 Å². The summed E-state index contributed by atoms with van der Waals surface area (Å²) in [4.78, 5) is 23.1. The molecule has 0 fully saturated rings. The number of hydrogen-bond donors (Lipinski definition) is 3. The van der Waals surface area contributed by atoms with Crippen LogP contribution in [0.15, 0.2) is 18.2 Å². The molecule has 1 atom stereocenters. The molecule has 2 rings (SSSR count). The lowest BCUT2D eigenvalue weighted by atomic mass is 9.95. The van der Waals surface area contributed by atoms with E-state index in [0.717, 1.165) is 6.42 Å². The molecule has 1 unspecified atom stereocenters. The fraction of sp³-hybridized carbons (Fsp3) is 0.467. The second-order valence-corrected chi connectivity index (χ2v) is 5.28. The van der Waals surface area contributed by atoms with Crippen LogP contribution in [-0.2, 0) is 15.2 Å². The summed E-state index contributed by atoms with van der Waals surface area (Å²) in [5, 5.41) is 15.4. The molecular formula is C15H20N2O5.